The van der Waals surface area contributed by atoms with Gasteiger partial charge < -0.3 is 14.6 Å². The summed E-state index contributed by atoms with van der Waals surface area (Å²) in [5, 5.41) is 11.3. The fourth-order valence-electron chi connectivity index (χ4n) is 2.82. The molecule has 1 saturated heterocycles. The Morgan fingerprint density at radius 1 is 1.06 bits per heavy atom. The lowest BCUT2D eigenvalue weighted by Crippen LogP contribution is -2.54. The Kier molecular flexibility index (Phi) is 7.01. The Bertz CT molecular complexity index is 1150. The van der Waals surface area contributed by atoms with Crippen molar-refractivity contribution in [1.29, 1.82) is 0 Å². The summed E-state index contributed by atoms with van der Waals surface area (Å²) in [7, 11) is 0. The number of nitrogens with zero attached hydrogens (tertiary/aromatic N) is 1. The molecule has 0 spiro atoms. The first-order chi connectivity index (χ1) is 15.2. The lowest BCUT2D eigenvalue weighted by atomic mass is 10.1. The van der Waals surface area contributed by atoms with Crippen LogP contribution in [0.2, 0.25) is 10.0 Å². The van der Waals surface area contributed by atoms with Crippen molar-refractivity contribution in [2.45, 2.75) is 6.92 Å². The van der Waals surface area contributed by atoms with E-state index in [0.717, 1.165) is 4.90 Å². The standard InChI is InChI=1S/C21H16Cl2N2O7/c1-2-31-17-8-11(3-6-16(17)32-10-18(26)27)7-13-19(28)24-21(30)25(20(13)29)12-4-5-14(22)15(23)9-12/h3-9H,2,10H2,1H3,(H,26,27)(H,24,28,30). The summed E-state index contributed by atoms with van der Waals surface area (Å²) >= 11 is 11.9. The van der Waals surface area contributed by atoms with Crippen LogP contribution in [0.15, 0.2) is 42.0 Å². The van der Waals surface area contributed by atoms with Crippen molar-refractivity contribution in [3.8, 4) is 11.5 Å². The highest BCUT2D eigenvalue weighted by Gasteiger charge is 2.37. The van der Waals surface area contributed by atoms with Crippen molar-refractivity contribution in [3.05, 3.63) is 57.6 Å². The SMILES string of the molecule is CCOc1cc(C=C2C(=O)NC(=O)N(c3ccc(Cl)c(Cl)c3)C2=O)ccc1OCC(=O)O. The smallest absolute Gasteiger partial charge is 0.341 e. The monoisotopic (exact) mass is 478 g/mol. The van der Waals surface area contributed by atoms with Crippen molar-refractivity contribution < 1.29 is 33.8 Å². The number of nitrogens with one attached hydrogen (secondary N) is 1. The van der Waals surface area contributed by atoms with E-state index in [1.165, 1.54) is 42.5 Å². The number of anilines is 1. The molecule has 1 aliphatic rings. The third kappa shape index (κ3) is 5.01. The van der Waals surface area contributed by atoms with Crippen LogP contribution in [0, 0.1) is 0 Å². The molecular formula is C21H16Cl2N2O7. The van der Waals surface area contributed by atoms with Crippen molar-refractivity contribution >= 4 is 58.8 Å². The number of carbonyl (C=O) groups is 4. The number of imide groups is 2. The Labute approximate surface area is 192 Å². The van der Waals surface area contributed by atoms with E-state index in [-0.39, 0.29) is 39.4 Å². The van der Waals surface area contributed by atoms with E-state index in [1.54, 1.807) is 6.92 Å². The summed E-state index contributed by atoms with van der Waals surface area (Å²) in [4.78, 5) is 49.2. The number of carbonyl (C=O) groups excluding carboxylic acids is 3. The first-order valence-electron chi connectivity index (χ1n) is 9.19. The first kappa shape index (κ1) is 23.1. The van der Waals surface area contributed by atoms with E-state index < -0.39 is 30.4 Å². The molecule has 0 aliphatic carbocycles. The fourth-order valence-corrected chi connectivity index (χ4v) is 3.12. The molecule has 3 rings (SSSR count). The zero-order valence-corrected chi connectivity index (χ0v) is 18.1. The number of barbiturate groups is 1. The Morgan fingerprint density at radius 2 is 1.81 bits per heavy atom. The molecule has 0 saturated carbocycles. The van der Waals surface area contributed by atoms with E-state index in [9.17, 15) is 19.2 Å². The molecule has 2 aromatic carbocycles. The first-order valence-corrected chi connectivity index (χ1v) is 9.94. The van der Waals surface area contributed by atoms with Gasteiger partial charge in [-0.3, -0.25) is 14.9 Å². The third-order valence-corrected chi connectivity index (χ3v) is 4.93. The predicted octanol–water partition coefficient (Wildman–Crippen LogP) is 3.52. The van der Waals surface area contributed by atoms with Crippen molar-refractivity contribution in [1.82, 2.24) is 5.32 Å². The summed E-state index contributed by atoms with van der Waals surface area (Å²) in [6, 6.07) is 7.68. The number of carboxylic acid groups (broad SMARTS) is 1. The van der Waals surface area contributed by atoms with Crippen LogP contribution in [0.5, 0.6) is 11.5 Å². The minimum Gasteiger partial charge on any atom is -0.490 e. The molecule has 32 heavy (non-hydrogen) atoms. The van der Waals surface area contributed by atoms with Crippen LogP contribution in [0.3, 0.4) is 0 Å². The number of urea groups is 1. The normalized spacial score (nSPS) is 15.0. The van der Waals surface area contributed by atoms with Crippen LogP contribution in [-0.4, -0.2) is 42.1 Å². The molecule has 166 valence electrons. The van der Waals surface area contributed by atoms with Gasteiger partial charge in [-0.1, -0.05) is 29.3 Å². The Balaban J connectivity index is 1.97. The van der Waals surface area contributed by atoms with Crippen molar-refractivity contribution in [3.63, 3.8) is 0 Å². The molecule has 1 heterocycles. The minimum absolute atomic E-state index is 0.130. The highest BCUT2D eigenvalue weighted by Crippen LogP contribution is 2.31. The molecular weight excluding hydrogens is 463 g/mol. The second kappa shape index (κ2) is 9.71. The van der Waals surface area contributed by atoms with E-state index in [0.29, 0.717) is 5.56 Å². The van der Waals surface area contributed by atoms with Gasteiger partial charge in [-0.2, -0.15) is 0 Å². The van der Waals surface area contributed by atoms with Gasteiger partial charge in [0.05, 0.1) is 22.3 Å². The second-order valence-corrected chi connectivity index (χ2v) is 7.19. The number of hydrogen-bond donors (Lipinski definition) is 2. The molecule has 0 radical (unpaired) electrons. The molecule has 9 nitrogen and oxygen atoms in total. The predicted molar refractivity (Wildman–Crippen MR) is 116 cm³/mol. The lowest BCUT2D eigenvalue weighted by molar-refractivity contribution is -0.139. The van der Waals surface area contributed by atoms with E-state index in [2.05, 4.69) is 5.32 Å². The van der Waals surface area contributed by atoms with Crippen LogP contribution in [0.25, 0.3) is 6.08 Å². The lowest BCUT2D eigenvalue weighted by Gasteiger charge is -2.26. The van der Waals surface area contributed by atoms with Gasteiger partial charge >= 0.3 is 12.0 Å². The van der Waals surface area contributed by atoms with Crippen LogP contribution in [0.1, 0.15) is 12.5 Å². The highest BCUT2D eigenvalue weighted by atomic mass is 35.5. The zero-order chi connectivity index (χ0) is 23.4. The molecule has 4 amide bonds. The number of carboxylic acids is 1. The Morgan fingerprint density at radius 3 is 2.47 bits per heavy atom. The van der Waals surface area contributed by atoms with Crippen LogP contribution >= 0.6 is 23.2 Å². The van der Waals surface area contributed by atoms with Gasteiger partial charge in [-0.25, -0.2) is 14.5 Å². The number of amides is 4. The minimum atomic E-state index is -1.16. The number of benzene rings is 2. The van der Waals surface area contributed by atoms with E-state index in [4.69, 9.17) is 37.8 Å². The molecule has 0 bridgehead atoms. The third-order valence-electron chi connectivity index (χ3n) is 4.19. The van der Waals surface area contributed by atoms with Gasteiger partial charge in [-0.05, 0) is 48.9 Å². The van der Waals surface area contributed by atoms with Crippen LogP contribution in [-0.2, 0) is 14.4 Å². The number of rotatable bonds is 7. The van der Waals surface area contributed by atoms with Gasteiger partial charge in [0.2, 0.25) is 0 Å². The zero-order valence-electron chi connectivity index (χ0n) is 16.6. The molecule has 1 fully saturated rings. The largest absolute Gasteiger partial charge is 0.490 e. The number of ether oxygens (including phenoxy) is 2. The Hall–Kier alpha value is -3.56. The quantitative estimate of drug-likeness (QED) is 0.460. The molecule has 11 heteroatoms. The topological polar surface area (TPSA) is 122 Å². The summed E-state index contributed by atoms with van der Waals surface area (Å²) in [5.41, 5.74) is 0.211. The number of halogens is 2. The highest BCUT2D eigenvalue weighted by molar-refractivity contribution is 6.43. The second-order valence-electron chi connectivity index (χ2n) is 6.38. The summed E-state index contributed by atoms with van der Waals surface area (Å²) in [6.07, 6.45) is 1.28. The molecule has 0 unspecified atom stereocenters. The van der Waals surface area contributed by atoms with Gasteiger partial charge in [0.15, 0.2) is 18.1 Å². The van der Waals surface area contributed by atoms with Gasteiger partial charge in [0.25, 0.3) is 11.8 Å². The maximum absolute atomic E-state index is 13.0. The average molecular weight is 479 g/mol. The molecule has 0 atom stereocenters. The molecule has 2 aromatic rings. The fraction of sp³-hybridized carbons (Fsp3) is 0.143. The molecule has 1 aliphatic heterocycles. The maximum Gasteiger partial charge on any atom is 0.341 e. The molecule has 2 N–H and O–H groups in total. The number of hydrogen-bond acceptors (Lipinski definition) is 6. The van der Waals surface area contributed by atoms with Crippen molar-refractivity contribution in [2.24, 2.45) is 0 Å². The van der Waals surface area contributed by atoms with Gasteiger partial charge in [0.1, 0.15) is 5.57 Å². The van der Waals surface area contributed by atoms with Crippen LogP contribution < -0.4 is 19.7 Å². The maximum atomic E-state index is 13.0. The van der Waals surface area contributed by atoms with Crippen LogP contribution in [0.4, 0.5) is 10.5 Å². The van der Waals surface area contributed by atoms with Crippen molar-refractivity contribution in [2.75, 3.05) is 18.1 Å². The van der Waals surface area contributed by atoms with E-state index >= 15 is 0 Å². The van der Waals surface area contributed by atoms with E-state index in [1.807, 2.05) is 0 Å². The van der Waals surface area contributed by atoms with Gasteiger partial charge in [-0.15, -0.1) is 0 Å². The summed E-state index contributed by atoms with van der Waals surface area (Å²) in [5.74, 6) is -2.48. The molecule has 0 aromatic heterocycles. The average Bonchev–Trinajstić information content (AvgIpc) is 2.73. The number of aliphatic carboxylic acids is 1. The summed E-state index contributed by atoms with van der Waals surface area (Å²) in [6.45, 7) is 1.43. The summed E-state index contributed by atoms with van der Waals surface area (Å²) < 4.78 is 10.6. The van der Waals surface area contributed by atoms with Gasteiger partial charge in [0, 0.05) is 0 Å².